The van der Waals surface area contributed by atoms with E-state index in [1.807, 2.05) is 30.5 Å². The number of aromatic nitrogens is 2. The van der Waals surface area contributed by atoms with Gasteiger partial charge >= 0.3 is 0 Å². The summed E-state index contributed by atoms with van der Waals surface area (Å²) in [5.74, 6) is 0.451. The van der Waals surface area contributed by atoms with Gasteiger partial charge in [0.2, 0.25) is 0 Å². The minimum Gasteiger partial charge on any atom is -0.379 e. The van der Waals surface area contributed by atoms with Crippen LogP contribution in [-0.4, -0.2) is 36.1 Å². The van der Waals surface area contributed by atoms with Gasteiger partial charge in [-0.05, 0) is 24.1 Å². The Morgan fingerprint density at radius 1 is 1.33 bits per heavy atom. The summed E-state index contributed by atoms with van der Waals surface area (Å²) in [6, 6.07) is 10.1. The monoisotopic (exact) mass is 282 g/mol. The molecule has 108 valence electrons. The third-order valence-electron chi connectivity index (χ3n) is 3.66. The molecule has 21 heavy (non-hydrogen) atoms. The Morgan fingerprint density at radius 2 is 2.19 bits per heavy atom. The quantitative estimate of drug-likeness (QED) is 0.847. The third-order valence-corrected chi connectivity index (χ3v) is 3.66. The predicted molar refractivity (Wildman–Crippen MR) is 80.5 cm³/mol. The first kappa shape index (κ1) is 13.7. The summed E-state index contributed by atoms with van der Waals surface area (Å²) >= 11 is 0. The van der Waals surface area contributed by atoms with Crippen molar-refractivity contribution >= 4 is 5.69 Å². The summed E-state index contributed by atoms with van der Waals surface area (Å²) in [4.78, 5) is 2.24. The molecular weight excluding hydrogens is 264 g/mol. The topological polar surface area (TPSA) is 54.1 Å². The molecule has 2 aromatic rings. The van der Waals surface area contributed by atoms with E-state index in [1.54, 1.807) is 10.9 Å². The second-order valence-corrected chi connectivity index (χ2v) is 5.36. The number of anilines is 1. The molecule has 1 fully saturated rings. The molecular formula is C16H18N4O. The van der Waals surface area contributed by atoms with E-state index in [4.69, 9.17) is 4.74 Å². The van der Waals surface area contributed by atoms with Crippen molar-refractivity contribution in [1.29, 1.82) is 5.26 Å². The van der Waals surface area contributed by atoms with Gasteiger partial charge in [0.15, 0.2) is 0 Å². The van der Waals surface area contributed by atoms with Crippen molar-refractivity contribution in [2.75, 3.05) is 31.2 Å². The van der Waals surface area contributed by atoms with Crippen LogP contribution in [0.1, 0.15) is 12.5 Å². The highest BCUT2D eigenvalue weighted by Crippen LogP contribution is 2.27. The number of hydrogen-bond donors (Lipinski definition) is 0. The SMILES string of the molecule is CC1COCCN(c2cccc(-n3cccn3)c2C#N)C1. The van der Waals surface area contributed by atoms with Crippen molar-refractivity contribution in [3.8, 4) is 11.8 Å². The van der Waals surface area contributed by atoms with Crippen molar-refractivity contribution in [1.82, 2.24) is 9.78 Å². The Bertz CT molecular complexity index is 645. The Morgan fingerprint density at radius 3 is 2.95 bits per heavy atom. The van der Waals surface area contributed by atoms with Gasteiger partial charge in [0, 0.05) is 25.5 Å². The highest BCUT2D eigenvalue weighted by atomic mass is 16.5. The molecule has 1 aromatic carbocycles. The second-order valence-electron chi connectivity index (χ2n) is 5.36. The van der Waals surface area contributed by atoms with E-state index in [1.165, 1.54) is 0 Å². The van der Waals surface area contributed by atoms with Gasteiger partial charge in [-0.2, -0.15) is 10.4 Å². The zero-order valence-corrected chi connectivity index (χ0v) is 12.1. The molecule has 0 amide bonds. The van der Waals surface area contributed by atoms with E-state index in [2.05, 4.69) is 23.0 Å². The summed E-state index contributed by atoms with van der Waals surface area (Å²) in [5, 5.41) is 13.9. The molecule has 1 atom stereocenters. The standard InChI is InChI=1S/C16H18N4O/c1-13-11-19(8-9-21-12-13)15-4-2-5-16(14(15)10-17)20-7-3-6-18-20/h2-7,13H,8-9,11-12H2,1H3. The van der Waals surface area contributed by atoms with Crippen molar-refractivity contribution in [2.45, 2.75) is 6.92 Å². The van der Waals surface area contributed by atoms with E-state index in [-0.39, 0.29) is 0 Å². The lowest BCUT2D eigenvalue weighted by atomic mass is 10.1. The van der Waals surface area contributed by atoms with Gasteiger partial charge in [-0.15, -0.1) is 0 Å². The van der Waals surface area contributed by atoms with Crippen LogP contribution in [0.5, 0.6) is 0 Å². The number of ether oxygens (including phenoxy) is 1. The van der Waals surface area contributed by atoms with E-state index >= 15 is 0 Å². The van der Waals surface area contributed by atoms with Gasteiger partial charge in [-0.1, -0.05) is 13.0 Å². The third kappa shape index (κ3) is 2.76. The van der Waals surface area contributed by atoms with Crippen molar-refractivity contribution in [3.63, 3.8) is 0 Å². The predicted octanol–water partition coefficient (Wildman–Crippen LogP) is 2.22. The van der Waals surface area contributed by atoms with Crippen LogP contribution in [0.15, 0.2) is 36.7 Å². The molecule has 5 heteroatoms. The van der Waals surface area contributed by atoms with Crippen LogP contribution >= 0.6 is 0 Å². The molecule has 0 spiro atoms. The van der Waals surface area contributed by atoms with Gasteiger partial charge in [-0.25, -0.2) is 4.68 Å². The molecule has 1 aromatic heterocycles. The normalized spacial score (nSPS) is 19.0. The van der Waals surface area contributed by atoms with E-state index in [0.29, 0.717) is 18.1 Å². The lowest BCUT2D eigenvalue weighted by Gasteiger charge is -2.25. The average Bonchev–Trinajstić information content (AvgIpc) is 2.95. The molecule has 0 aliphatic carbocycles. The number of benzene rings is 1. The fourth-order valence-electron chi connectivity index (χ4n) is 2.71. The van der Waals surface area contributed by atoms with Gasteiger partial charge in [0.05, 0.1) is 24.6 Å². The van der Waals surface area contributed by atoms with E-state index in [9.17, 15) is 5.26 Å². The number of hydrogen-bond acceptors (Lipinski definition) is 4. The van der Waals surface area contributed by atoms with Gasteiger partial charge in [0.25, 0.3) is 0 Å². The summed E-state index contributed by atoms with van der Waals surface area (Å²) < 4.78 is 7.33. The average molecular weight is 282 g/mol. The Labute approximate surface area is 124 Å². The molecule has 1 saturated heterocycles. The highest BCUT2D eigenvalue weighted by molar-refractivity contribution is 5.67. The fraction of sp³-hybridized carbons (Fsp3) is 0.375. The second kappa shape index (κ2) is 5.98. The maximum absolute atomic E-state index is 9.62. The smallest absolute Gasteiger partial charge is 0.104 e. The Hall–Kier alpha value is -2.32. The minimum atomic E-state index is 0.451. The molecule has 1 aliphatic rings. The summed E-state index contributed by atoms with van der Waals surface area (Å²) in [6.45, 7) is 5.35. The lowest BCUT2D eigenvalue weighted by Crippen LogP contribution is -2.29. The van der Waals surface area contributed by atoms with Crippen LogP contribution in [0.4, 0.5) is 5.69 Å². The molecule has 2 heterocycles. The fourth-order valence-corrected chi connectivity index (χ4v) is 2.71. The summed E-state index contributed by atoms with van der Waals surface area (Å²) in [5.41, 5.74) is 2.44. The number of nitriles is 1. The first-order valence-corrected chi connectivity index (χ1v) is 7.15. The Kier molecular flexibility index (Phi) is 3.89. The molecule has 1 unspecified atom stereocenters. The van der Waals surface area contributed by atoms with Crippen LogP contribution in [0, 0.1) is 17.2 Å². The zero-order chi connectivity index (χ0) is 14.7. The maximum Gasteiger partial charge on any atom is 0.104 e. The lowest BCUT2D eigenvalue weighted by molar-refractivity contribution is 0.129. The first-order valence-electron chi connectivity index (χ1n) is 7.15. The largest absolute Gasteiger partial charge is 0.379 e. The van der Waals surface area contributed by atoms with Crippen LogP contribution < -0.4 is 4.90 Å². The highest BCUT2D eigenvalue weighted by Gasteiger charge is 2.20. The molecule has 0 radical (unpaired) electrons. The van der Waals surface area contributed by atoms with Crippen molar-refractivity contribution < 1.29 is 4.74 Å². The van der Waals surface area contributed by atoms with E-state index in [0.717, 1.165) is 31.1 Å². The summed E-state index contributed by atoms with van der Waals surface area (Å²) in [6.07, 6.45) is 3.57. The molecule has 0 N–H and O–H groups in total. The number of rotatable bonds is 2. The first-order chi connectivity index (χ1) is 10.3. The Balaban J connectivity index is 2.02. The van der Waals surface area contributed by atoms with Crippen molar-refractivity contribution in [3.05, 3.63) is 42.2 Å². The number of nitrogens with zero attached hydrogens (tertiary/aromatic N) is 4. The molecule has 0 bridgehead atoms. The van der Waals surface area contributed by atoms with E-state index < -0.39 is 0 Å². The maximum atomic E-state index is 9.62. The van der Waals surface area contributed by atoms with Crippen LogP contribution in [-0.2, 0) is 4.74 Å². The van der Waals surface area contributed by atoms with Crippen LogP contribution in [0.25, 0.3) is 5.69 Å². The summed E-state index contributed by atoms with van der Waals surface area (Å²) in [7, 11) is 0. The van der Waals surface area contributed by atoms with Gasteiger partial charge in [-0.3, -0.25) is 0 Å². The van der Waals surface area contributed by atoms with Gasteiger partial charge < -0.3 is 9.64 Å². The van der Waals surface area contributed by atoms with Crippen LogP contribution in [0.2, 0.25) is 0 Å². The van der Waals surface area contributed by atoms with Crippen molar-refractivity contribution in [2.24, 2.45) is 5.92 Å². The molecule has 3 rings (SSSR count). The molecule has 5 nitrogen and oxygen atoms in total. The minimum absolute atomic E-state index is 0.451. The van der Waals surface area contributed by atoms with Gasteiger partial charge in [0.1, 0.15) is 11.6 Å². The molecule has 1 aliphatic heterocycles. The molecule has 0 saturated carbocycles. The van der Waals surface area contributed by atoms with Crippen LogP contribution in [0.3, 0.4) is 0 Å². The zero-order valence-electron chi connectivity index (χ0n) is 12.1.